The van der Waals surface area contributed by atoms with Crippen LogP contribution in [0.15, 0.2) is 28.5 Å². The SMILES string of the molecule is CCNc1nc(-c2cccn(CCC(C)C)c2=O)cs1. The third kappa shape index (κ3) is 3.48. The van der Waals surface area contributed by atoms with E-state index in [0.29, 0.717) is 11.5 Å². The molecule has 4 nitrogen and oxygen atoms in total. The fourth-order valence-electron chi connectivity index (χ4n) is 1.94. The molecule has 5 heteroatoms. The monoisotopic (exact) mass is 291 g/mol. The largest absolute Gasteiger partial charge is 0.362 e. The Morgan fingerprint density at radius 2 is 2.25 bits per heavy atom. The average Bonchev–Trinajstić information content (AvgIpc) is 2.86. The van der Waals surface area contributed by atoms with E-state index in [4.69, 9.17) is 0 Å². The van der Waals surface area contributed by atoms with Gasteiger partial charge in [0.2, 0.25) is 0 Å². The van der Waals surface area contributed by atoms with Crippen molar-refractivity contribution < 1.29 is 0 Å². The molecule has 2 heterocycles. The van der Waals surface area contributed by atoms with Gasteiger partial charge >= 0.3 is 0 Å². The molecule has 2 aromatic heterocycles. The Kier molecular flexibility index (Phi) is 4.95. The van der Waals surface area contributed by atoms with Gasteiger partial charge in [-0.15, -0.1) is 11.3 Å². The Hall–Kier alpha value is -1.62. The number of hydrogen-bond donors (Lipinski definition) is 1. The topological polar surface area (TPSA) is 46.9 Å². The first kappa shape index (κ1) is 14.8. The van der Waals surface area contributed by atoms with Crippen LogP contribution in [0.4, 0.5) is 5.13 Å². The van der Waals surface area contributed by atoms with Gasteiger partial charge in [0.05, 0.1) is 11.3 Å². The van der Waals surface area contributed by atoms with Gasteiger partial charge in [0.1, 0.15) is 0 Å². The molecule has 0 amide bonds. The second-order valence-corrected chi connectivity index (χ2v) is 6.03. The first-order valence-corrected chi connectivity index (χ1v) is 7.89. The molecule has 0 unspecified atom stereocenters. The molecule has 1 N–H and O–H groups in total. The van der Waals surface area contributed by atoms with Crippen molar-refractivity contribution in [1.82, 2.24) is 9.55 Å². The number of nitrogens with zero attached hydrogens (tertiary/aromatic N) is 2. The molecule has 0 aliphatic rings. The standard InChI is InChI=1S/C15H21N3OS/c1-4-16-15-17-13(10-20-15)12-6-5-8-18(14(12)19)9-7-11(2)3/h5-6,8,10-11H,4,7,9H2,1-3H3,(H,16,17). The predicted molar refractivity (Wildman–Crippen MR) is 85.4 cm³/mol. The number of aryl methyl sites for hydroxylation is 1. The lowest BCUT2D eigenvalue weighted by Crippen LogP contribution is -2.21. The molecule has 0 fully saturated rings. The molecular formula is C15H21N3OS. The molecule has 0 saturated carbocycles. The Labute approximate surface area is 123 Å². The third-order valence-corrected chi connectivity index (χ3v) is 3.88. The van der Waals surface area contributed by atoms with E-state index in [1.165, 1.54) is 11.3 Å². The molecule has 0 saturated heterocycles. The summed E-state index contributed by atoms with van der Waals surface area (Å²) in [6, 6.07) is 3.77. The summed E-state index contributed by atoms with van der Waals surface area (Å²) in [7, 11) is 0. The van der Waals surface area contributed by atoms with Crippen LogP contribution in [0.1, 0.15) is 27.2 Å². The average molecular weight is 291 g/mol. The molecule has 0 aliphatic heterocycles. The van der Waals surface area contributed by atoms with Crippen molar-refractivity contribution in [1.29, 1.82) is 0 Å². The van der Waals surface area contributed by atoms with Gasteiger partial charge in [-0.3, -0.25) is 4.79 Å². The highest BCUT2D eigenvalue weighted by molar-refractivity contribution is 7.14. The summed E-state index contributed by atoms with van der Waals surface area (Å²) in [6.07, 6.45) is 2.86. The summed E-state index contributed by atoms with van der Waals surface area (Å²) < 4.78 is 1.78. The van der Waals surface area contributed by atoms with Crippen molar-refractivity contribution >= 4 is 16.5 Å². The molecular weight excluding hydrogens is 270 g/mol. The van der Waals surface area contributed by atoms with Crippen LogP contribution in [0.25, 0.3) is 11.3 Å². The molecule has 20 heavy (non-hydrogen) atoms. The Bertz CT molecular complexity index is 616. The van der Waals surface area contributed by atoms with E-state index < -0.39 is 0 Å². The summed E-state index contributed by atoms with van der Waals surface area (Å²) in [5.74, 6) is 0.588. The fourth-order valence-corrected chi connectivity index (χ4v) is 2.72. The Morgan fingerprint density at radius 1 is 1.45 bits per heavy atom. The summed E-state index contributed by atoms with van der Waals surface area (Å²) in [5.41, 5.74) is 1.48. The lowest BCUT2D eigenvalue weighted by molar-refractivity contribution is 0.508. The molecule has 2 rings (SSSR count). The van der Waals surface area contributed by atoms with Crippen molar-refractivity contribution in [3.05, 3.63) is 34.1 Å². The van der Waals surface area contributed by atoms with Crippen molar-refractivity contribution in [2.45, 2.75) is 33.7 Å². The van der Waals surface area contributed by atoms with Crippen LogP contribution in [-0.2, 0) is 6.54 Å². The zero-order valence-corrected chi connectivity index (χ0v) is 13.0. The molecule has 108 valence electrons. The van der Waals surface area contributed by atoms with Gasteiger partial charge in [-0.05, 0) is 31.4 Å². The van der Waals surface area contributed by atoms with Crippen LogP contribution >= 0.6 is 11.3 Å². The minimum atomic E-state index is 0.0431. The Morgan fingerprint density at radius 3 is 2.95 bits per heavy atom. The summed E-state index contributed by atoms with van der Waals surface area (Å²) >= 11 is 1.53. The predicted octanol–water partition coefficient (Wildman–Crippen LogP) is 3.45. The molecule has 0 spiro atoms. The van der Waals surface area contributed by atoms with Crippen molar-refractivity contribution in [2.75, 3.05) is 11.9 Å². The van der Waals surface area contributed by atoms with Gasteiger partial charge in [-0.1, -0.05) is 13.8 Å². The molecule has 0 atom stereocenters. The quantitative estimate of drug-likeness (QED) is 0.886. The second kappa shape index (κ2) is 6.70. The van der Waals surface area contributed by atoms with Crippen LogP contribution in [0.2, 0.25) is 0 Å². The van der Waals surface area contributed by atoms with Crippen LogP contribution in [0.3, 0.4) is 0 Å². The maximum atomic E-state index is 12.5. The van der Waals surface area contributed by atoms with Gasteiger partial charge in [0, 0.05) is 24.7 Å². The maximum Gasteiger partial charge on any atom is 0.260 e. The van der Waals surface area contributed by atoms with Crippen molar-refractivity contribution in [3.8, 4) is 11.3 Å². The highest BCUT2D eigenvalue weighted by Crippen LogP contribution is 2.22. The number of rotatable bonds is 6. The van der Waals surface area contributed by atoms with Crippen molar-refractivity contribution in [2.24, 2.45) is 5.92 Å². The van der Waals surface area contributed by atoms with E-state index in [-0.39, 0.29) is 5.56 Å². The van der Waals surface area contributed by atoms with Gasteiger partial charge in [0.25, 0.3) is 5.56 Å². The van der Waals surface area contributed by atoms with Gasteiger partial charge in [-0.25, -0.2) is 4.98 Å². The van der Waals surface area contributed by atoms with E-state index in [0.717, 1.165) is 30.3 Å². The Balaban J connectivity index is 2.27. The third-order valence-electron chi connectivity index (χ3n) is 3.08. The molecule has 0 aromatic carbocycles. The number of pyridine rings is 1. The number of thiazole rings is 1. The lowest BCUT2D eigenvalue weighted by Gasteiger charge is -2.08. The molecule has 0 bridgehead atoms. The fraction of sp³-hybridized carbons (Fsp3) is 0.467. The summed E-state index contributed by atoms with van der Waals surface area (Å²) in [6.45, 7) is 7.95. The van der Waals surface area contributed by atoms with E-state index in [1.807, 2.05) is 30.6 Å². The number of nitrogens with one attached hydrogen (secondary N) is 1. The first-order valence-electron chi connectivity index (χ1n) is 7.01. The van der Waals surface area contributed by atoms with E-state index in [2.05, 4.69) is 24.1 Å². The molecule has 0 aliphatic carbocycles. The smallest absolute Gasteiger partial charge is 0.260 e. The highest BCUT2D eigenvalue weighted by atomic mass is 32.1. The zero-order chi connectivity index (χ0) is 14.5. The van der Waals surface area contributed by atoms with Gasteiger partial charge in [0.15, 0.2) is 5.13 Å². The first-order chi connectivity index (χ1) is 9.61. The minimum Gasteiger partial charge on any atom is -0.362 e. The van der Waals surface area contributed by atoms with E-state index >= 15 is 0 Å². The van der Waals surface area contributed by atoms with Crippen LogP contribution in [0, 0.1) is 5.92 Å². The maximum absolute atomic E-state index is 12.5. The normalized spacial score (nSPS) is 11.0. The summed E-state index contributed by atoms with van der Waals surface area (Å²) in [4.78, 5) is 16.9. The van der Waals surface area contributed by atoms with E-state index in [9.17, 15) is 4.79 Å². The van der Waals surface area contributed by atoms with Crippen LogP contribution < -0.4 is 10.9 Å². The van der Waals surface area contributed by atoms with Crippen LogP contribution in [-0.4, -0.2) is 16.1 Å². The van der Waals surface area contributed by atoms with Crippen LogP contribution in [0.5, 0.6) is 0 Å². The van der Waals surface area contributed by atoms with Gasteiger partial charge in [-0.2, -0.15) is 0 Å². The minimum absolute atomic E-state index is 0.0431. The van der Waals surface area contributed by atoms with Gasteiger partial charge < -0.3 is 9.88 Å². The van der Waals surface area contributed by atoms with E-state index in [1.54, 1.807) is 4.57 Å². The van der Waals surface area contributed by atoms with Crippen molar-refractivity contribution in [3.63, 3.8) is 0 Å². The number of aromatic nitrogens is 2. The highest BCUT2D eigenvalue weighted by Gasteiger charge is 2.10. The number of anilines is 1. The molecule has 2 aromatic rings. The summed E-state index contributed by atoms with van der Waals surface area (Å²) in [5, 5.41) is 5.96. The molecule has 0 radical (unpaired) electrons. The second-order valence-electron chi connectivity index (χ2n) is 5.17. The lowest BCUT2D eigenvalue weighted by atomic mass is 10.1. The number of hydrogen-bond acceptors (Lipinski definition) is 4. The zero-order valence-electron chi connectivity index (χ0n) is 12.2.